The Balaban J connectivity index is 1.90. The van der Waals surface area contributed by atoms with Crippen molar-refractivity contribution >= 4 is 22.4 Å². The molecule has 2 aromatic carbocycles. The van der Waals surface area contributed by atoms with Crippen molar-refractivity contribution in [1.29, 1.82) is 0 Å². The van der Waals surface area contributed by atoms with Gasteiger partial charge in [-0.2, -0.15) is 0 Å². The van der Waals surface area contributed by atoms with Crippen molar-refractivity contribution in [3.05, 3.63) is 59.0 Å². The Morgan fingerprint density at radius 2 is 1.76 bits per heavy atom. The summed E-state index contributed by atoms with van der Waals surface area (Å²) in [6.45, 7) is 1.99. The van der Waals surface area contributed by atoms with Crippen LogP contribution in [0.2, 0.25) is 5.15 Å². The smallest absolute Gasteiger partial charge is 0.136 e. The predicted octanol–water partition coefficient (Wildman–Crippen LogP) is 5.14. The first-order chi connectivity index (χ1) is 10.2. The highest BCUT2D eigenvalue weighted by atomic mass is 35.5. The average Bonchev–Trinajstić information content (AvgIpc) is 3.34. The maximum atomic E-state index is 6.31. The molecule has 1 aromatic heterocycles. The summed E-state index contributed by atoms with van der Waals surface area (Å²) in [5, 5.41) is 3.04. The van der Waals surface area contributed by atoms with E-state index in [0.717, 1.165) is 22.6 Å². The van der Waals surface area contributed by atoms with Crippen LogP contribution in [0.5, 0.6) is 0 Å². The minimum atomic E-state index is 0.502. The van der Waals surface area contributed by atoms with E-state index in [-0.39, 0.29) is 0 Å². The van der Waals surface area contributed by atoms with E-state index in [1.807, 2.05) is 6.92 Å². The topological polar surface area (TPSA) is 25.8 Å². The van der Waals surface area contributed by atoms with Gasteiger partial charge in [-0.3, -0.25) is 0 Å². The Morgan fingerprint density at radius 3 is 2.52 bits per heavy atom. The van der Waals surface area contributed by atoms with E-state index in [0.29, 0.717) is 11.1 Å². The standard InChI is InChI=1S/C18H15ClN2/c1-11-16(20-18(13-7-8-13)21-17(11)19)15-9-6-12-4-2-3-5-14(12)10-15/h2-6,9-10,13H,7-8H2,1H3. The van der Waals surface area contributed by atoms with E-state index in [2.05, 4.69) is 47.4 Å². The second kappa shape index (κ2) is 4.81. The molecule has 1 aliphatic rings. The van der Waals surface area contributed by atoms with E-state index in [4.69, 9.17) is 16.6 Å². The van der Waals surface area contributed by atoms with Crippen LogP contribution in [-0.2, 0) is 0 Å². The lowest BCUT2D eigenvalue weighted by Gasteiger charge is -2.10. The van der Waals surface area contributed by atoms with E-state index in [1.54, 1.807) is 0 Å². The molecular weight excluding hydrogens is 280 g/mol. The molecule has 0 bridgehead atoms. The zero-order valence-electron chi connectivity index (χ0n) is 11.8. The number of hydrogen-bond donors (Lipinski definition) is 0. The minimum absolute atomic E-state index is 0.502. The van der Waals surface area contributed by atoms with Gasteiger partial charge in [0, 0.05) is 17.0 Å². The highest BCUT2D eigenvalue weighted by molar-refractivity contribution is 6.30. The molecule has 2 nitrogen and oxygen atoms in total. The summed E-state index contributed by atoms with van der Waals surface area (Å²) in [5.41, 5.74) is 3.02. The maximum absolute atomic E-state index is 6.31. The van der Waals surface area contributed by atoms with Gasteiger partial charge in [-0.25, -0.2) is 9.97 Å². The molecule has 1 aliphatic carbocycles. The third kappa shape index (κ3) is 2.30. The van der Waals surface area contributed by atoms with Crippen LogP contribution in [0.3, 0.4) is 0 Å². The molecule has 0 amide bonds. The number of aromatic nitrogens is 2. The van der Waals surface area contributed by atoms with Gasteiger partial charge >= 0.3 is 0 Å². The highest BCUT2D eigenvalue weighted by Crippen LogP contribution is 2.40. The third-order valence-corrected chi connectivity index (χ3v) is 4.44. The van der Waals surface area contributed by atoms with Crippen LogP contribution >= 0.6 is 11.6 Å². The predicted molar refractivity (Wildman–Crippen MR) is 86.7 cm³/mol. The van der Waals surface area contributed by atoms with E-state index in [1.165, 1.54) is 23.6 Å². The summed E-state index contributed by atoms with van der Waals surface area (Å²) in [5.74, 6) is 1.40. The van der Waals surface area contributed by atoms with Crippen LogP contribution in [0.15, 0.2) is 42.5 Å². The van der Waals surface area contributed by atoms with Gasteiger partial charge in [-0.1, -0.05) is 48.0 Å². The fourth-order valence-electron chi connectivity index (χ4n) is 2.65. The van der Waals surface area contributed by atoms with Gasteiger partial charge in [0.05, 0.1) is 5.69 Å². The SMILES string of the molecule is Cc1c(Cl)nc(C2CC2)nc1-c1ccc2ccccc2c1. The second-order valence-corrected chi connectivity index (χ2v) is 6.04. The second-order valence-electron chi connectivity index (χ2n) is 5.68. The lowest BCUT2D eigenvalue weighted by molar-refractivity contribution is 0.922. The molecule has 0 saturated heterocycles. The fourth-order valence-corrected chi connectivity index (χ4v) is 2.82. The molecule has 0 N–H and O–H groups in total. The molecule has 0 atom stereocenters. The van der Waals surface area contributed by atoms with Crippen molar-refractivity contribution < 1.29 is 0 Å². The van der Waals surface area contributed by atoms with Crippen LogP contribution in [0.1, 0.15) is 30.1 Å². The van der Waals surface area contributed by atoms with Gasteiger partial charge in [-0.15, -0.1) is 0 Å². The van der Waals surface area contributed by atoms with Crippen molar-refractivity contribution in [2.75, 3.05) is 0 Å². The Hall–Kier alpha value is -1.93. The Bertz CT molecular complexity index is 838. The van der Waals surface area contributed by atoms with Gasteiger partial charge < -0.3 is 0 Å². The zero-order chi connectivity index (χ0) is 14.4. The van der Waals surface area contributed by atoms with Crippen LogP contribution in [0.4, 0.5) is 0 Å². The number of hydrogen-bond acceptors (Lipinski definition) is 2. The number of fused-ring (bicyclic) bond motifs is 1. The molecule has 104 valence electrons. The number of benzene rings is 2. The van der Waals surface area contributed by atoms with Crippen molar-refractivity contribution in [3.8, 4) is 11.3 Å². The Labute approximate surface area is 128 Å². The van der Waals surface area contributed by atoms with Gasteiger partial charge in [-0.05, 0) is 36.6 Å². The van der Waals surface area contributed by atoms with Crippen molar-refractivity contribution in [2.24, 2.45) is 0 Å². The van der Waals surface area contributed by atoms with Gasteiger partial charge in [0.1, 0.15) is 11.0 Å². The van der Waals surface area contributed by atoms with Crippen molar-refractivity contribution in [3.63, 3.8) is 0 Å². The molecule has 21 heavy (non-hydrogen) atoms. The quantitative estimate of drug-likeness (QED) is 0.612. The summed E-state index contributed by atoms with van der Waals surface area (Å²) in [6, 6.07) is 14.8. The van der Waals surface area contributed by atoms with Crippen molar-refractivity contribution in [2.45, 2.75) is 25.7 Å². The van der Waals surface area contributed by atoms with Gasteiger partial charge in [0.2, 0.25) is 0 Å². The minimum Gasteiger partial charge on any atom is -0.232 e. The molecule has 0 radical (unpaired) electrons. The molecule has 4 rings (SSSR count). The summed E-state index contributed by atoms with van der Waals surface area (Å²) in [7, 11) is 0. The largest absolute Gasteiger partial charge is 0.232 e. The Morgan fingerprint density at radius 1 is 1.00 bits per heavy atom. The molecule has 0 aliphatic heterocycles. The van der Waals surface area contributed by atoms with Crippen LogP contribution < -0.4 is 0 Å². The monoisotopic (exact) mass is 294 g/mol. The number of halogens is 1. The molecule has 3 aromatic rings. The zero-order valence-corrected chi connectivity index (χ0v) is 12.6. The highest BCUT2D eigenvalue weighted by Gasteiger charge is 2.28. The first-order valence-corrected chi connectivity index (χ1v) is 7.63. The van der Waals surface area contributed by atoms with Crippen LogP contribution in [0.25, 0.3) is 22.0 Å². The molecule has 1 heterocycles. The normalized spacial score (nSPS) is 14.6. The van der Waals surface area contributed by atoms with E-state index < -0.39 is 0 Å². The molecular formula is C18H15ClN2. The first kappa shape index (κ1) is 12.8. The summed E-state index contributed by atoms with van der Waals surface area (Å²) in [6.07, 6.45) is 2.35. The molecule has 1 fully saturated rings. The molecule has 0 spiro atoms. The van der Waals surface area contributed by atoms with E-state index in [9.17, 15) is 0 Å². The lowest BCUT2D eigenvalue weighted by atomic mass is 10.0. The fraction of sp³-hybridized carbons (Fsp3) is 0.222. The first-order valence-electron chi connectivity index (χ1n) is 7.25. The van der Waals surface area contributed by atoms with Crippen LogP contribution in [0, 0.1) is 6.92 Å². The average molecular weight is 295 g/mol. The maximum Gasteiger partial charge on any atom is 0.136 e. The molecule has 0 unspecified atom stereocenters. The van der Waals surface area contributed by atoms with Crippen LogP contribution in [-0.4, -0.2) is 9.97 Å². The number of rotatable bonds is 2. The summed E-state index contributed by atoms with van der Waals surface area (Å²) in [4.78, 5) is 9.21. The summed E-state index contributed by atoms with van der Waals surface area (Å²) < 4.78 is 0. The van der Waals surface area contributed by atoms with Gasteiger partial charge in [0.25, 0.3) is 0 Å². The number of nitrogens with zero attached hydrogens (tertiary/aromatic N) is 2. The van der Waals surface area contributed by atoms with Gasteiger partial charge in [0.15, 0.2) is 0 Å². The van der Waals surface area contributed by atoms with Crippen molar-refractivity contribution in [1.82, 2.24) is 9.97 Å². The molecule has 3 heteroatoms. The molecule has 1 saturated carbocycles. The third-order valence-electron chi connectivity index (χ3n) is 4.07. The van der Waals surface area contributed by atoms with E-state index >= 15 is 0 Å². The lowest BCUT2D eigenvalue weighted by Crippen LogP contribution is -1.99. The summed E-state index contributed by atoms with van der Waals surface area (Å²) >= 11 is 6.31. The Kier molecular flexibility index (Phi) is 2.93.